The number of carbonyl (C=O) groups is 1. The monoisotopic (exact) mass is 341 g/mol. The summed E-state index contributed by atoms with van der Waals surface area (Å²) in [5.74, 6) is -1.82. The van der Waals surface area contributed by atoms with Crippen molar-refractivity contribution in [3.05, 3.63) is 37.9 Å². The number of pyridine rings is 1. The third-order valence-electron chi connectivity index (χ3n) is 2.47. The van der Waals surface area contributed by atoms with Crippen LogP contribution >= 0.6 is 15.9 Å². The lowest BCUT2D eigenvalue weighted by atomic mass is 10.1. The molecule has 0 aliphatic rings. The normalized spacial score (nSPS) is 10.6. The number of carboxylic acids is 1. The van der Waals surface area contributed by atoms with Gasteiger partial charge in [-0.2, -0.15) is 0 Å². The summed E-state index contributed by atoms with van der Waals surface area (Å²) in [5.41, 5.74) is 0.927. The molecule has 9 nitrogen and oxygen atoms in total. The van der Waals surface area contributed by atoms with Crippen LogP contribution in [-0.2, 0) is 0 Å². The number of aromatic carboxylic acids is 1. The maximum atomic E-state index is 11.3. The molecule has 0 amide bonds. The predicted octanol–water partition coefficient (Wildman–Crippen LogP) is 1.65. The van der Waals surface area contributed by atoms with Crippen LogP contribution < -0.4 is 0 Å². The Hall–Kier alpha value is -2.36. The maximum Gasteiger partial charge on any atom is 0.492 e. The van der Waals surface area contributed by atoms with Gasteiger partial charge in [-0.15, -0.1) is 4.68 Å². The first-order valence-corrected chi connectivity index (χ1v) is 6.09. The Morgan fingerprint density at radius 2 is 2.10 bits per heavy atom. The number of carboxylic acid groups (broad SMARTS) is 1. The van der Waals surface area contributed by atoms with Gasteiger partial charge in [-0.1, -0.05) is 0 Å². The van der Waals surface area contributed by atoms with Crippen molar-refractivity contribution in [2.75, 3.05) is 0 Å². The molecule has 1 N–H and O–H groups in total. The number of nitro groups is 1. The molecule has 0 atom stereocenters. The Morgan fingerprint density at radius 3 is 2.60 bits per heavy atom. The molecule has 2 rings (SSSR count). The number of halogens is 1. The van der Waals surface area contributed by atoms with Gasteiger partial charge in [0.15, 0.2) is 0 Å². The van der Waals surface area contributed by atoms with E-state index in [0.29, 0.717) is 5.69 Å². The van der Waals surface area contributed by atoms with Crippen LogP contribution in [0.15, 0.2) is 10.8 Å². The molecule has 0 bridgehead atoms. The van der Waals surface area contributed by atoms with Crippen molar-refractivity contribution in [1.29, 1.82) is 0 Å². The summed E-state index contributed by atoms with van der Waals surface area (Å²) >= 11 is 3.03. The number of hydrogen-bond acceptors (Lipinski definition) is 6. The minimum absolute atomic E-state index is 0.0386. The SMILES string of the molecule is Cc1cc(-n2nc([N+](=O)[O-])nc2Br)c(C(=O)O)c(C)n1. The van der Waals surface area contributed by atoms with Crippen molar-refractivity contribution >= 4 is 27.8 Å². The number of aryl methyl sites for hydroxylation is 2. The second-order valence-corrected chi connectivity index (χ2v) is 4.61. The van der Waals surface area contributed by atoms with Crippen LogP contribution in [0.25, 0.3) is 5.69 Å². The van der Waals surface area contributed by atoms with Crippen molar-refractivity contribution in [2.24, 2.45) is 0 Å². The first kappa shape index (κ1) is 14.1. The van der Waals surface area contributed by atoms with Crippen LogP contribution in [0, 0.1) is 24.0 Å². The van der Waals surface area contributed by atoms with E-state index in [1.807, 2.05) is 0 Å². The van der Waals surface area contributed by atoms with Gasteiger partial charge in [0.2, 0.25) is 0 Å². The van der Waals surface area contributed by atoms with Gasteiger partial charge in [-0.05, 0) is 29.8 Å². The lowest BCUT2D eigenvalue weighted by molar-refractivity contribution is -0.394. The molecular weight excluding hydrogens is 334 g/mol. The van der Waals surface area contributed by atoms with Crippen molar-refractivity contribution in [3.63, 3.8) is 0 Å². The van der Waals surface area contributed by atoms with Gasteiger partial charge in [-0.25, -0.2) is 4.79 Å². The minimum atomic E-state index is -1.20. The van der Waals surface area contributed by atoms with Crippen LogP contribution in [0.5, 0.6) is 0 Å². The quantitative estimate of drug-likeness (QED) is 0.664. The highest BCUT2D eigenvalue weighted by Crippen LogP contribution is 2.23. The lowest BCUT2D eigenvalue weighted by Gasteiger charge is -2.07. The zero-order chi connectivity index (χ0) is 15.0. The highest BCUT2D eigenvalue weighted by atomic mass is 79.9. The van der Waals surface area contributed by atoms with Gasteiger partial charge >= 0.3 is 11.9 Å². The van der Waals surface area contributed by atoms with Crippen molar-refractivity contribution < 1.29 is 14.8 Å². The Balaban J connectivity index is 2.75. The van der Waals surface area contributed by atoms with Crippen LogP contribution in [0.2, 0.25) is 0 Å². The summed E-state index contributed by atoms with van der Waals surface area (Å²) in [5, 5.41) is 23.6. The van der Waals surface area contributed by atoms with E-state index in [1.54, 1.807) is 13.8 Å². The molecule has 20 heavy (non-hydrogen) atoms. The standard InChI is InChI=1S/C10H8BrN5O4/c1-4-3-6(7(8(17)18)5(2)12-4)15-9(11)13-10(14-15)16(19)20/h3H,1-2H3,(H,17,18). The van der Waals surface area contributed by atoms with E-state index >= 15 is 0 Å². The van der Waals surface area contributed by atoms with E-state index in [0.717, 1.165) is 4.68 Å². The maximum absolute atomic E-state index is 11.3. The molecule has 2 aromatic heterocycles. The summed E-state index contributed by atoms with van der Waals surface area (Å²) in [6.07, 6.45) is 0. The Morgan fingerprint density at radius 1 is 1.45 bits per heavy atom. The molecule has 0 aliphatic carbocycles. The molecule has 2 heterocycles. The molecule has 2 aromatic rings. The van der Waals surface area contributed by atoms with Gasteiger partial charge in [0.25, 0.3) is 4.73 Å². The minimum Gasteiger partial charge on any atom is -0.478 e. The molecule has 0 unspecified atom stereocenters. The number of aromatic nitrogens is 4. The van der Waals surface area contributed by atoms with Crippen molar-refractivity contribution in [3.8, 4) is 5.69 Å². The zero-order valence-electron chi connectivity index (χ0n) is 10.4. The number of rotatable bonds is 3. The summed E-state index contributed by atoms with van der Waals surface area (Å²) < 4.78 is 1.10. The molecule has 0 saturated carbocycles. The first-order valence-electron chi connectivity index (χ1n) is 5.30. The number of hydrogen-bond donors (Lipinski definition) is 1. The summed E-state index contributed by atoms with van der Waals surface area (Å²) in [7, 11) is 0. The average Bonchev–Trinajstić information content (AvgIpc) is 2.69. The van der Waals surface area contributed by atoms with Gasteiger partial charge < -0.3 is 15.2 Å². The molecule has 0 radical (unpaired) electrons. The van der Waals surface area contributed by atoms with Crippen molar-refractivity contribution in [2.45, 2.75) is 13.8 Å². The van der Waals surface area contributed by atoms with E-state index in [-0.39, 0.29) is 21.7 Å². The lowest BCUT2D eigenvalue weighted by Crippen LogP contribution is -2.11. The Kier molecular flexibility index (Phi) is 3.49. The first-order chi connectivity index (χ1) is 9.31. The molecule has 0 aromatic carbocycles. The molecule has 0 fully saturated rings. The Labute approximate surface area is 120 Å². The highest BCUT2D eigenvalue weighted by Gasteiger charge is 2.26. The van der Waals surface area contributed by atoms with Gasteiger partial charge in [-0.3, -0.25) is 4.98 Å². The summed E-state index contributed by atoms with van der Waals surface area (Å²) in [6.45, 7) is 3.22. The molecule has 0 saturated heterocycles. The van der Waals surface area contributed by atoms with Gasteiger partial charge in [0.1, 0.15) is 11.3 Å². The smallest absolute Gasteiger partial charge is 0.478 e. The van der Waals surface area contributed by atoms with E-state index in [1.165, 1.54) is 6.07 Å². The third kappa shape index (κ3) is 2.37. The number of nitrogens with zero attached hydrogens (tertiary/aromatic N) is 5. The fraction of sp³-hybridized carbons (Fsp3) is 0.200. The molecule has 10 heteroatoms. The molecule has 0 aliphatic heterocycles. The predicted molar refractivity (Wildman–Crippen MR) is 69.9 cm³/mol. The second-order valence-electron chi connectivity index (χ2n) is 3.90. The summed E-state index contributed by atoms with van der Waals surface area (Å²) in [4.78, 5) is 28.9. The fourth-order valence-electron chi connectivity index (χ4n) is 1.75. The fourth-order valence-corrected chi connectivity index (χ4v) is 2.18. The van der Waals surface area contributed by atoms with E-state index in [2.05, 4.69) is 31.0 Å². The highest BCUT2D eigenvalue weighted by molar-refractivity contribution is 9.10. The van der Waals surface area contributed by atoms with Crippen LogP contribution in [0.3, 0.4) is 0 Å². The van der Waals surface area contributed by atoms with E-state index < -0.39 is 16.8 Å². The largest absolute Gasteiger partial charge is 0.492 e. The topological polar surface area (TPSA) is 124 Å². The van der Waals surface area contributed by atoms with Crippen LogP contribution in [0.1, 0.15) is 21.7 Å². The van der Waals surface area contributed by atoms with E-state index in [4.69, 9.17) is 0 Å². The van der Waals surface area contributed by atoms with Crippen molar-refractivity contribution in [1.82, 2.24) is 19.7 Å². The third-order valence-corrected chi connectivity index (χ3v) is 2.98. The van der Waals surface area contributed by atoms with Crippen LogP contribution in [-0.4, -0.2) is 35.7 Å². The molecule has 104 valence electrons. The van der Waals surface area contributed by atoms with E-state index in [9.17, 15) is 20.0 Å². The molecule has 0 spiro atoms. The zero-order valence-corrected chi connectivity index (χ0v) is 11.9. The molecular formula is C10H8BrN5O4. The second kappa shape index (κ2) is 4.96. The average molecular weight is 342 g/mol. The summed E-state index contributed by atoms with van der Waals surface area (Å²) in [6, 6.07) is 1.47. The van der Waals surface area contributed by atoms with Crippen LogP contribution in [0.4, 0.5) is 5.95 Å². The van der Waals surface area contributed by atoms with Gasteiger partial charge in [0, 0.05) is 26.7 Å². The van der Waals surface area contributed by atoms with Gasteiger partial charge in [0.05, 0.1) is 5.69 Å². The Bertz CT molecular complexity index is 727.